The van der Waals surface area contributed by atoms with E-state index >= 15 is 0 Å². The first-order chi connectivity index (χ1) is 19.4. The molecule has 0 aliphatic rings. The van der Waals surface area contributed by atoms with Gasteiger partial charge in [0.15, 0.2) is 16.4 Å². The molecular weight excluding hydrogens is 566 g/mol. The quantitative estimate of drug-likeness (QED) is 0.138. The van der Waals surface area contributed by atoms with Crippen LogP contribution in [0.5, 0.6) is 28.7 Å². The van der Waals surface area contributed by atoms with Gasteiger partial charge >= 0.3 is 10.1 Å². The van der Waals surface area contributed by atoms with E-state index in [4.69, 9.17) is 23.1 Å². The molecule has 1 amide bonds. The molecule has 16 heteroatoms. The van der Waals surface area contributed by atoms with E-state index in [-0.39, 0.29) is 11.4 Å². The molecule has 0 saturated heterocycles. The fourth-order valence-corrected chi connectivity index (χ4v) is 4.58. The molecule has 1 N–H and O–H groups in total. The molecule has 0 bridgehead atoms. The van der Waals surface area contributed by atoms with Crippen molar-refractivity contribution < 1.29 is 46.2 Å². The summed E-state index contributed by atoms with van der Waals surface area (Å²) in [4.78, 5) is 32.2. The van der Waals surface area contributed by atoms with Crippen LogP contribution in [0.25, 0.3) is 6.08 Å². The average Bonchev–Trinajstić information content (AvgIpc) is 2.95. The van der Waals surface area contributed by atoms with Crippen molar-refractivity contribution in [3.8, 4) is 28.7 Å². The number of amides is 1. The Bertz CT molecular complexity index is 1610. The Morgan fingerprint density at radius 2 is 1.44 bits per heavy atom. The Kier molecular flexibility index (Phi) is 9.31. The molecule has 3 aromatic carbocycles. The van der Waals surface area contributed by atoms with Crippen LogP contribution in [0.4, 0.5) is 17.1 Å². The van der Waals surface area contributed by atoms with Crippen molar-refractivity contribution in [1.82, 2.24) is 0 Å². The van der Waals surface area contributed by atoms with E-state index in [0.717, 1.165) is 12.1 Å². The Morgan fingerprint density at radius 1 is 0.805 bits per heavy atom. The monoisotopic (exact) mass is 589 g/mol. The van der Waals surface area contributed by atoms with Gasteiger partial charge in [0.25, 0.3) is 11.4 Å². The second kappa shape index (κ2) is 12.6. The molecule has 216 valence electrons. The molecule has 0 saturated carbocycles. The Hall–Kier alpha value is -5.38. The van der Waals surface area contributed by atoms with Gasteiger partial charge < -0.3 is 28.4 Å². The molecule has 15 nitrogen and oxygen atoms in total. The SMILES string of the molecule is COc1cc(OC)c(C=CC(=O)Nc2ccc(OC)c(OS(=O)(=O)c3ccc([N+](=O)[O-])cc3[N+](=O)[O-])c2)c(OC)c1. The minimum Gasteiger partial charge on any atom is -0.496 e. The molecule has 41 heavy (non-hydrogen) atoms. The van der Waals surface area contributed by atoms with Gasteiger partial charge in [0.1, 0.15) is 17.2 Å². The number of carbonyl (C=O) groups is 1. The van der Waals surface area contributed by atoms with Crippen molar-refractivity contribution in [3.63, 3.8) is 0 Å². The molecule has 0 aliphatic heterocycles. The van der Waals surface area contributed by atoms with Crippen molar-refractivity contribution >= 4 is 39.2 Å². The summed E-state index contributed by atoms with van der Waals surface area (Å²) in [7, 11) is 0.680. The highest BCUT2D eigenvalue weighted by molar-refractivity contribution is 7.87. The van der Waals surface area contributed by atoms with E-state index in [9.17, 15) is 33.4 Å². The van der Waals surface area contributed by atoms with E-state index < -0.39 is 47.9 Å². The lowest BCUT2D eigenvalue weighted by Gasteiger charge is -2.13. The summed E-state index contributed by atoms with van der Waals surface area (Å²) in [5.74, 6) is 0.0849. The maximum absolute atomic E-state index is 13.0. The standard InChI is InChI=1S/C25H23N3O12S/c1-36-17-13-21(38-3)18(22(14-17)39-4)7-10-25(29)26-15-5-8-20(37-2)23(11-15)40-41(34,35)24-9-6-16(27(30)31)12-19(24)28(32)33/h5-14H,1-4H3,(H,26,29). The van der Waals surface area contributed by atoms with Crippen molar-refractivity contribution in [2.24, 2.45) is 0 Å². The van der Waals surface area contributed by atoms with Gasteiger partial charge in [-0.05, 0) is 24.3 Å². The van der Waals surface area contributed by atoms with Crippen LogP contribution in [0.2, 0.25) is 0 Å². The van der Waals surface area contributed by atoms with Crippen LogP contribution in [0, 0.1) is 20.2 Å². The van der Waals surface area contributed by atoms with Crippen LogP contribution in [0.3, 0.4) is 0 Å². The number of nitro benzene ring substituents is 2. The number of hydrogen-bond donors (Lipinski definition) is 1. The number of anilines is 1. The Labute approximate surface area is 233 Å². The molecule has 0 unspecified atom stereocenters. The highest BCUT2D eigenvalue weighted by Gasteiger charge is 2.31. The zero-order valence-corrected chi connectivity index (χ0v) is 22.8. The van der Waals surface area contributed by atoms with Gasteiger partial charge in [-0.1, -0.05) is 0 Å². The normalized spacial score (nSPS) is 11.0. The number of rotatable bonds is 12. The lowest BCUT2D eigenvalue weighted by molar-refractivity contribution is -0.396. The summed E-state index contributed by atoms with van der Waals surface area (Å²) < 4.78 is 52.0. The van der Waals surface area contributed by atoms with Crippen LogP contribution >= 0.6 is 0 Å². The highest BCUT2D eigenvalue weighted by Crippen LogP contribution is 2.37. The van der Waals surface area contributed by atoms with Crippen LogP contribution in [0.1, 0.15) is 5.56 Å². The van der Waals surface area contributed by atoms with Gasteiger partial charge in [0, 0.05) is 36.0 Å². The first kappa shape index (κ1) is 30.2. The maximum Gasteiger partial charge on any atom is 0.346 e. The highest BCUT2D eigenvalue weighted by atomic mass is 32.2. The predicted octanol–water partition coefficient (Wildman–Crippen LogP) is 3.96. The molecule has 0 aromatic heterocycles. The van der Waals surface area contributed by atoms with E-state index in [1.54, 1.807) is 12.1 Å². The fraction of sp³-hybridized carbons (Fsp3) is 0.160. The van der Waals surface area contributed by atoms with Gasteiger partial charge in [-0.3, -0.25) is 25.0 Å². The minimum atomic E-state index is -4.89. The van der Waals surface area contributed by atoms with Crippen molar-refractivity contribution in [2.45, 2.75) is 4.90 Å². The molecule has 0 fully saturated rings. The molecule has 0 heterocycles. The molecule has 3 rings (SSSR count). The van der Waals surface area contributed by atoms with Gasteiger partial charge in [0.2, 0.25) is 5.91 Å². The Morgan fingerprint density at radius 3 is 1.98 bits per heavy atom. The minimum absolute atomic E-state index is 0.0810. The number of non-ortho nitro benzene ring substituents is 1. The molecular formula is C25H23N3O12S. The summed E-state index contributed by atoms with van der Waals surface area (Å²) in [6.07, 6.45) is 2.61. The smallest absolute Gasteiger partial charge is 0.346 e. The van der Waals surface area contributed by atoms with Crippen LogP contribution in [0.15, 0.2) is 59.5 Å². The van der Waals surface area contributed by atoms with Crippen LogP contribution < -0.4 is 28.4 Å². The van der Waals surface area contributed by atoms with E-state index in [2.05, 4.69) is 5.32 Å². The largest absolute Gasteiger partial charge is 0.496 e. The number of hydrogen-bond acceptors (Lipinski definition) is 12. The third kappa shape index (κ3) is 6.99. The fourth-order valence-electron chi connectivity index (χ4n) is 3.50. The van der Waals surface area contributed by atoms with E-state index in [1.165, 1.54) is 52.7 Å². The number of nitro groups is 2. The lowest BCUT2D eigenvalue weighted by Crippen LogP contribution is -2.13. The molecule has 0 radical (unpaired) electrons. The molecule has 0 spiro atoms. The molecule has 3 aromatic rings. The summed E-state index contributed by atoms with van der Waals surface area (Å²) >= 11 is 0. The van der Waals surface area contributed by atoms with E-state index in [0.29, 0.717) is 34.9 Å². The third-order valence-electron chi connectivity index (χ3n) is 5.40. The van der Waals surface area contributed by atoms with Gasteiger partial charge in [-0.2, -0.15) is 8.42 Å². The van der Waals surface area contributed by atoms with E-state index in [1.807, 2.05) is 0 Å². The first-order valence-corrected chi connectivity index (χ1v) is 12.7. The van der Waals surface area contributed by atoms with Gasteiger partial charge in [-0.15, -0.1) is 0 Å². The Balaban J connectivity index is 1.90. The third-order valence-corrected chi connectivity index (χ3v) is 6.69. The van der Waals surface area contributed by atoms with Crippen LogP contribution in [-0.2, 0) is 14.9 Å². The zero-order chi connectivity index (χ0) is 30.3. The summed E-state index contributed by atoms with van der Waals surface area (Å²) in [6.45, 7) is 0. The number of ether oxygens (including phenoxy) is 4. The number of nitrogens with zero attached hydrogens (tertiary/aromatic N) is 2. The van der Waals surface area contributed by atoms with Gasteiger partial charge in [0.05, 0.1) is 49.9 Å². The number of carbonyl (C=O) groups excluding carboxylic acids is 1. The van der Waals surface area contributed by atoms with Crippen molar-refractivity contribution in [1.29, 1.82) is 0 Å². The van der Waals surface area contributed by atoms with Crippen LogP contribution in [-0.4, -0.2) is 52.6 Å². The summed E-state index contributed by atoms with van der Waals surface area (Å²) in [5.41, 5.74) is -1.22. The second-order valence-corrected chi connectivity index (χ2v) is 9.35. The first-order valence-electron chi connectivity index (χ1n) is 11.3. The number of methoxy groups -OCH3 is 4. The summed E-state index contributed by atoms with van der Waals surface area (Å²) in [6, 6.07) is 8.99. The van der Waals surface area contributed by atoms with Crippen molar-refractivity contribution in [2.75, 3.05) is 33.8 Å². The predicted molar refractivity (Wildman–Crippen MR) is 144 cm³/mol. The molecule has 0 atom stereocenters. The average molecular weight is 590 g/mol. The maximum atomic E-state index is 13.0. The lowest BCUT2D eigenvalue weighted by atomic mass is 10.1. The molecule has 0 aliphatic carbocycles. The van der Waals surface area contributed by atoms with Crippen molar-refractivity contribution in [3.05, 3.63) is 80.4 Å². The number of benzene rings is 3. The zero-order valence-electron chi connectivity index (χ0n) is 22.0. The second-order valence-electron chi connectivity index (χ2n) is 7.84. The summed E-state index contributed by atoms with van der Waals surface area (Å²) in [5, 5.41) is 24.9. The number of nitrogens with one attached hydrogen (secondary N) is 1. The van der Waals surface area contributed by atoms with Gasteiger partial charge in [-0.25, -0.2) is 0 Å². The topological polar surface area (TPSA) is 196 Å².